The van der Waals surface area contributed by atoms with Crippen molar-refractivity contribution < 1.29 is 34.0 Å². The Bertz CT molecular complexity index is 643. The Labute approximate surface area is 147 Å². The third kappa shape index (κ3) is 3.26. The second-order valence-electron chi connectivity index (χ2n) is 6.38. The third-order valence-electron chi connectivity index (χ3n) is 4.98. The number of hydrogen-bond donors (Lipinski definition) is 2. The van der Waals surface area contributed by atoms with Gasteiger partial charge in [0.05, 0.1) is 33.5 Å². The number of phenolic OH excluding ortho intramolecular Hbond substituents is 1. The van der Waals surface area contributed by atoms with Crippen LogP contribution in [0.5, 0.6) is 17.2 Å². The van der Waals surface area contributed by atoms with Crippen LogP contribution in [0.3, 0.4) is 0 Å². The van der Waals surface area contributed by atoms with Crippen molar-refractivity contribution in [1.82, 2.24) is 0 Å². The fourth-order valence-corrected chi connectivity index (χ4v) is 3.40. The maximum Gasteiger partial charge on any atom is 0.335 e. The summed E-state index contributed by atoms with van der Waals surface area (Å²) >= 11 is 0. The molecular weight excluding hydrogens is 328 g/mol. The lowest BCUT2D eigenvalue weighted by Crippen LogP contribution is -2.49. The number of rotatable bonds is 4. The number of ether oxygens (including phenoxy) is 4. The molecule has 1 saturated heterocycles. The molecule has 1 aliphatic heterocycles. The highest BCUT2D eigenvalue weighted by Crippen LogP contribution is 2.48. The average molecular weight is 354 g/mol. The smallest absolute Gasteiger partial charge is 0.335 e. The highest BCUT2D eigenvalue weighted by molar-refractivity contribution is 5.75. The molecule has 1 aromatic carbocycles. The molecule has 2 rings (SSSR count). The van der Waals surface area contributed by atoms with E-state index in [0.717, 1.165) is 0 Å². The minimum absolute atomic E-state index is 0.0944. The molecule has 0 aromatic heterocycles. The van der Waals surface area contributed by atoms with E-state index in [1.54, 1.807) is 26.8 Å². The van der Waals surface area contributed by atoms with Crippen molar-refractivity contribution in [1.29, 1.82) is 0 Å². The van der Waals surface area contributed by atoms with Crippen LogP contribution in [0.1, 0.15) is 31.1 Å². The molecule has 0 amide bonds. The minimum Gasteiger partial charge on any atom is -0.504 e. The summed E-state index contributed by atoms with van der Waals surface area (Å²) in [4.78, 5) is 12.0. The molecule has 0 saturated carbocycles. The number of benzene rings is 1. The summed E-state index contributed by atoms with van der Waals surface area (Å²) < 4.78 is 21.4. The van der Waals surface area contributed by atoms with Crippen LogP contribution < -0.4 is 9.47 Å². The zero-order valence-corrected chi connectivity index (χ0v) is 15.4. The van der Waals surface area contributed by atoms with Crippen LogP contribution in [0.2, 0.25) is 0 Å². The monoisotopic (exact) mass is 354 g/mol. The predicted molar refractivity (Wildman–Crippen MR) is 89.9 cm³/mol. The Morgan fingerprint density at radius 2 is 1.80 bits per heavy atom. The molecule has 7 nitrogen and oxygen atoms in total. The number of carbonyl (C=O) groups excluding carboxylic acids is 1. The molecule has 7 heteroatoms. The van der Waals surface area contributed by atoms with Gasteiger partial charge in [-0.15, -0.1) is 0 Å². The molecule has 1 heterocycles. The molecule has 1 fully saturated rings. The van der Waals surface area contributed by atoms with Gasteiger partial charge in [0.15, 0.2) is 17.6 Å². The molecular formula is C18H26O7. The Morgan fingerprint density at radius 3 is 2.32 bits per heavy atom. The van der Waals surface area contributed by atoms with Crippen molar-refractivity contribution in [2.75, 3.05) is 21.3 Å². The third-order valence-corrected chi connectivity index (χ3v) is 4.98. The van der Waals surface area contributed by atoms with Crippen molar-refractivity contribution in [2.45, 2.75) is 39.1 Å². The molecule has 25 heavy (non-hydrogen) atoms. The van der Waals surface area contributed by atoms with E-state index in [1.807, 2.05) is 0 Å². The number of esters is 1. The molecule has 0 aliphatic carbocycles. The fourth-order valence-electron chi connectivity index (χ4n) is 3.40. The van der Waals surface area contributed by atoms with Gasteiger partial charge in [-0.25, -0.2) is 4.79 Å². The summed E-state index contributed by atoms with van der Waals surface area (Å²) in [5.74, 6) is -0.665. The van der Waals surface area contributed by atoms with Crippen molar-refractivity contribution in [3.8, 4) is 17.2 Å². The Morgan fingerprint density at radius 1 is 1.16 bits per heavy atom. The summed E-state index contributed by atoms with van der Waals surface area (Å²) in [6.07, 6.45) is -2.46. The van der Waals surface area contributed by atoms with Gasteiger partial charge in [0.2, 0.25) is 0 Å². The summed E-state index contributed by atoms with van der Waals surface area (Å²) in [5, 5.41) is 21.2. The van der Waals surface area contributed by atoms with E-state index >= 15 is 0 Å². The molecule has 1 aromatic rings. The quantitative estimate of drug-likeness (QED) is 0.798. The zero-order chi connectivity index (χ0) is 18.9. The number of methoxy groups -OCH3 is 3. The van der Waals surface area contributed by atoms with Crippen LogP contribution in [-0.2, 0) is 14.3 Å². The second kappa shape index (κ2) is 7.49. The predicted octanol–water partition coefficient (Wildman–Crippen LogP) is 1.96. The molecule has 0 unspecified atom stereocenters. The van der Waals surface area contributed by atoms with Gasteiger partial charge in [-0.3, -0.25) is 0 Å². The van der Waals surface area contributed by atoms with Crippen molar-refractivity contribution in [2.24, 2.45) is 11.8 Å². The fraction of sp³-hybridized carbons (Fsp3) is 0.611. The van der Waals surface area contributed by atoms with E-state index < -0.39 is 30.2 Å². The zero-order valence-electron chi connectivity index (χ0n) is 15.4. The van der Waals surface area contributed by atoms with Gasteiger partial charge in [-0.2, -0.15) is 0 Å². The number of carbonyl (C=O) groups is 1. The van der Waals surface area contributed by atoms with Gasteiger partial charge in [0, 0.05) is 23.0 Å². The van der Waals surface area contributed by atoms with Crippen LogP contribution in [0, 0.1) is 18.8 Å². The number of phenols is 1. The van der Waals surface area contributed by atoms with Gasteiger partial charge in [-0.1, -0.05) is 13.8 Å². The lowest BCUT2D eigenvalue weighted by atomic mass is 9.80. The highest BCUT2D eigenvalue weighted by atomic mass is 16.6. The average Bonchev–Trinajstić information content (AvgIpc) is 2.60. The molecule has 0 bridgehead atoms. The van der Waals surface area contributed by atoms with E-state index in [2.05, 4.69) is 0 Å². The molecule has 0 spiro atoms. The molecule has 1 aliphatic rings. The topological polar surface area (TPSA) is 94.5 Å². The van der Waals surface area contributed by atoms with E-state index in [4.69, 9.17) is 18.9 Å². The maximum absolute atomic E-state index is 12.0. The number of aliphatic hydroxyl groups is 1. The Balaban J connectivity index is 2.54. The van der Waals surface area contributed by atoms with Crippen molar-refractivity contribution >= 4 is 5.97 Å². The van der Waals surface area contributed by atoms with Crippen LogP contribution in [0.4, 0.5) is 0 Å². The minimum atomic E-state index is -0.932. The van der Waals surface area contributed by atoms with Gasteiger partial charge < -0.3 is 29.2 Å². The van der Waals surface area contributed by atoms with E-state index in [9.17, 15) is 15.0 Å². The van der Waals surface area contributed by atoms with Crippen molar-refractivity contribution in [3.63, 3.8) is 0 Å². The first-order valence-electron chi connectivity index (χ1n) is 8.14. The normalized spacial score (nSPS) is 29.2. The lowest BCUT2D eigenvalue weighted by Gasteiger charge is -2.41. The van der Waals surface area contributed by atoms with Gasteiger partial charge in [0.25, 0.3) is 0 Å². The SMILES string of the molecule is COC(=O)[C@H]1O[C@@H](c2cc(OC)c(C)c(OC)c2O)[C@H](C)[C@@H](O)[C@H]1C. The first kappa shape index (κ1) is 19.3. The van der Waals surface area contributed by atoms with Gasteiger partial charge in [-0.05, 0) is 13.0 Å². The molecule has 140 valence electrons. The van der Waals surface area contributed by atoms with Gasteiger partial charge >= 0.3 is 5.97 Å². The Kier molecular flexibility index (Phi) is 5.80. The summed E-state index contributed by atoms with van der Waals surface area (Å²) in [7, 11) is 4.24. The Hall–Kier alpha value is -1.99. The number of hydrogen-bond acceptors (Lipinski definition) is 7. The van der Waals surface area contributed by atoms with Crippen LogP contribution in [0.15, 0.2) is 6.07 Å². The van der Waals surface area contributed by atoms with Crippen molar-refractivity contribution in [3.05, 3.63) is 17.2 Å². The molecule has 2 N–H and O–H groups in total. The summed E-state index contributed by atoms with van der Waals surface area (Å²) in [5.41, 5.74) is 1.04. The first-order valence-corrected chi connectivity index (χ1v) is 8.14. The van der Waals surface area contributed by atoms with Gasteiger partial charge in [0.1, 0.15) is 5.75 Å². The number of aliphatic hydroxyl groups excluding tert-OH is 1. The summed E-state index contributed by atoms with van der Waals surface area (Å²) in [6.45, 7) is 5.30. The molecule has 5 atom stereocenters. The number of aromatic hydroxyl groups is 1. The summed E-state index contributed by atoms with van der Waals surface area (Å²) in [6, 6.07) is 1.64. The van der Waals surface area contributed by atoms with E-state index in [0.29, 0.717) is 16.9 Å². The standard InChI is InChI=1S/C18H26O7/c1-8-12(22-4)7-11(14(20)16(8)23-5)15-9(2)13(19)10(3)17(25-15)18(21)24-6/h7,9-10,13,15,17,19-20H,1-6H3/t9-,10-,13-,15-,17+/m1/s1. The van der Waals surface area contributed by atoms with Crippen LogP contribution in [-0.4, -0.2) is 49.7 Å². The van der Waals surface area contributed by atoms with E-state index in [1.165, 1.54) is 21.3 Å². The van der Waals surface area contributed by atoms with Crippen LogP contribution >= 0.6 is 0 Å². The lowest BCUT2D eigenvalue weighted by molar-refractivity contribution is -0.194. The molecule has 0 radical (unpaired) electrons. The van der Waals surface area contributed by atoms with Crippen LogP contribution in [0.25, 0.3) is 0 Å². The highest BCUT2D eigenvalue weighted by Gasteiger charge is 2.46. The first-order chi connectivity index (χ1) is 11.8. The second-order valence-corrected chi connectivity index (χ2v) is 6.38. The van der Waals surface area contributed by atoms with E-state index in [-0.39, 0.29) is 17.4 Å². The maximum atomic E-state index is 12.0. The largest absolute Gasteiger partial charge is 0.504 e.